The van der Waals surface area contributed by atoms with Crippen LogP contribution in [0.5, 0.6) is 0 Å². The van der Waals surface area contributed by atoms with Crippen LogP contribution < -0.4 is 0 Å². The highest BCUT2D eigenvalue weighted by atomic mass is 19.1. The van der Waals surface area contributed by atoms with Gasteiger partial charge in [-0.25, -0.2) is 4.39 Å². The van der Waals surface area contributed by atoms with Gasteiger partial charge in [0, 0.05) is 0 Å². The van der Waals surface area contributed by atoms with Crippen LogP contribution in [-0.4, -0.2) is 6.29 Å². The summed E-state index contributed by atoms with van der Waals surface area (Å²) in [6.45, 7) is 0. The number of epoxide rings is 1. The first kappa shape index (κ1) is 11.1. The van der Waals surface area contributed by atoms with E-state index in [0.29, 0.717) is 5.56 Å². The third kappa shape index (κ3) is 1.64. The van der Waals surface area contributed by atoms with E-state index in [1.807, 2.05) is 30.3 Å². The quantitative estimate of drug-likeness (QED) is 0.611. The Morgan fingerprint density at radius 1 is 1.06 bits per heavy atom. The number of hydrogen-bond acceptors (Lipinski definition) is 2. The predicted octanol–water partition coefficient (Wildman–Crippen LogP) is 2.99. The van der Waals surface area contributed by atoms with Crippen molar-refractivity contribution in [1.82, 2.24) is 0 Å². The van der Waals surface area contributed by atoms with Gasteiger partial charge in [0.15, 0.2) is 11.9 Å². The van der Waals surface area contributed by atoms with Crippen molar-refractivity contribution >= 4 is 6.29 Å². The lowest BCUT2D eigenvalue weighted by atomic mass is 9.93. The summed E-state index contributed by atoms with van der Waals surface area (Å²) >= 11 is 0. The van der Waals surface area contributed by atoms with Crippen LogP contribution in [0, 0.1) is 5.82 Å². The Labute approximate surface area is 104 Å². The molecule has 0 unspecified atom stereocenters. The summed E-state index contributed by atoms with van der Waals surface area (Å²) < 4.78 is 18.5. The van der Waals surface area contributed by atoms with Crippen LogP contribution in [0.2, 0.25) is 0 Å². The van der Waals surface area contributed by atoms with Crippen LogP contribution in [0.1, 0.15) is 17.2 Å². The van der Waals surface area contributed by atoms with Gasteiger partial charge in [0.25, 0.3) is 0 Å². The molecule has 0 amide bonds. The van der Waals surface area contributed by atoms with E-state index in [4.69, 9.17) is 4.74 Å². The molecule has 0 bridgehead atoms. The molecule has 1 fully saturated rings. The number of ether oxygens (including phenoxy) is 1. The Morgan fingerprint density at radius 3 is 2.33 bits per heavy atom. The molecular formula is C15H11FO2. The third-order valence-corrected chi connectivity index (χ3v) is 3.22. The van der Waals surface area contributed by atoms with Crippen LogP contribution in [0.15, 0.2) is 54.6 Å². The maximum Gasteiger partial charge on any atom is 0.179 e. The molecule has 0 spiro atoms. The first-order valence-corrected chi connectivity index (χ1v) is 5.71. The fourth-order valence-electron chi connectivity index (χ4n) is 2.19. The van der Waals surface area contributed by atoms with Gasteiger partial charge in [0.1, 0.15) is 11.9 Å². The Morgan fingerprint density at radius 2 is 1.72 bits per heavy atom. The van der Waals surface area contributed by atoms with Crippen LogP contribution in [0.3, 0.4) is 0 Å². The van der Waals surface area contributed by atoms with Crippen LogP contribution >= 0.6 is 0 Å². The molecule has 1 saturated heterocycles. The van der Waals surface area contributed by atoms with Gasteiger partial charge in [-0.15, -0.1) is 0 Å². The molecule has 0 aliphatic carbocycles. The Hall–Kier alpha value is -2.00. The number of hydrogen-bond donors (Lipinski definition) is 0. The van der Waals surface area contributed by atoms with E-state index in [1.165, 1.54) is 12.1 Å². The number of benzene rings is 2. The van der Waals surface area contributed by atoms with Crippen molar-refractivity contribution in [1.29, 1.82) is 0 Å². The van der Waals surface area contributed by atoms with Gasteiger partial charge in [-0.1, -0.05) is 42.5 Å². The molecule has 90 valence electrons. The largest absolute Gasteiger partial charge is 0.348 e. The zero-order chi connectivity index (χ0) is 12.6. The van der Waals surface area contributed by atoms with E-state index in [-0.39, 0.29) is 11.9 Å². The number of aldehydes is 1. The van der Waals surface area contributed by atoms with Crippen LogP contribution in [0.25, 0.3) is 0 Å². The molecule has 1 heterocycles. The number of halogens is 1. The molecule has 1 aliphatic rings. The van der Waals surface area contributed by atoms with Gasteiger partial charge in [0.2, 0.25) is 0 Å². The topological polar surface area (TPSA) is 29.6 Å². The highest BCUT2D eigenvalue weighted by molar-refractivity contribution is 5.72. The first-order chi connectivity index (χ1) is 8.76. The fourth-order valence-corrected chi connectivity index (χ4v) is 2.19. The van der Waals surface area contributed by atoms with E-state index in [9.17, 15) is 9.18 Å². The Balaban J connectivity index is 1.95. The summed E-state index contributed by atoms with van der Waals surface area (Å²) in [7, 11) is 0. The number of carbonyl (C=O) groups excluding carboxylic acids is 1. The lowest BCUT2D eigenvalue weighted by Gasteiger charge is -2.05. The Kier molecular flexibility index (Phi) is 2.49. The summed E-state index contributed by atoms with van der Waals surface area (Å²) in [5.41, 5.74) is 0.691. The molecule has 0 saturated carbocycles. The van der Waals surface area contributed by atoms with E-state index >= 15 is 0 Å². The number of carbonyl (C=O) groups is 1. The summed E-state index contributed by atoms with van der Waals surface area (Å²) in [5, 5.41) is 0. The molecule has 18 heavy (non-hydrogen) atoms. The molecule has 0 aromatic heterocycles. The lowest BCUT2D eigenvalue weighted by Crippen LogP contribution is -2.11. The van der Waals surface area contributed by atoms with Crippen molar-refractivity contribution in [3.8, 4) is 0 Å². The van der Waals surface area contributed by atoms with E-state index in [0.717, 1.165) is 11.8 Å². The highest BCUT2D eigenvalue weighted by Gasteiger charge is 2.58. The minimum atomic E-state index is -0.949. The van der Waals surface area contributed by atoms with E-state index < -0.39 is 5.60 Å². The van der Waals surface area contributed by atoms with Crippen molar-refractivity contribution in [2.75, 3.05) is 0 Å². The van der Waals surface area contributed by atoms with Crippen molar-refractivity contribution in [3.05, 3.63) is 71.5 Å². The SMILES string of the molecule is O=C[C@]1(c2ccc(F)cc2)O[C@H]1c1ccccc1. The minimum absolute atomic E-state index is 0.276. The highest BCUT2D eigenvalue weighted by Crippen LogP contribution is 2.55. The zero-order valence-corrected chi connectivity index (χ0v) is 9.55. The van der Waals surface area contributed by atoms with Crippen LogP contribution in [-0.2, 0) is 15.1 Å². The Bertz CT molecular complexity index is 565. The number of rotatable bonds is 3. The third-order valence-electron chi connectivity index (χ3n) is 3.22. The maximum absolute atomic E-state index is 12.9. The molecular weight excluding hydrogens is 231 g/mol. The van der Waals surface area contributed by atoms with Crippen molar-refractivity contribution in [2.24, 2.45) is 0 Å². The van der Waals surface area contributed by atoms with Crippen molar-refractivity contribution in [3.63, 3.8) is 0 Å². The summed E-state index contributed by atoms with van der Waals surface area (Å²) in [5.74, 6) is -0.322. The summed E-state index contributed by atoms with van der Waals surface area (Å²) in [6.07, 6.45) is 0.513. The smallest absolute Gasteiger partial charge is 0.179 e. The zero-order valence-electron chi connectivity index (χ0n) is 9.55. The van der Waals surface area contributed by atoms with Gasteiger partial charge in [0.05, 0.1) is 0 Å². The molecule has 2 nitrogen and oxygen atoms in total. The molecule has 2 aromatic rings. The standard InChI is InChI=1S/C15H11FO2/c16-13-8-6-12(7-9-13)15(10-17)14(18-15)11-4-2-1-3-5-11/h1-10,14H/t14-,15+/m0/s1. The second-order valence-corrected chi connectivity index (χ2v) is 4.33. The maximum atomic E-state index is 12.9. The molecule has 3 rings (SSSR count). The average Bonchev–Trinajstić information content (AvgIpc) is 3.17. The molecule has 3 heteroatoms. The van der Waals surface area contributed by atoms with E-state index in [1.54, 1.807) is 12.1 Å². The summed E-state index contributed by atoms with van der Waals surface area (Å²) in [4.78, 5) is 11.3. The second-order valence-electron chi connectivity index (χ2n) is 4.33. The van der Waals surface area contributed by atoms with Crippen molar-refractivity contribution in [2.45, 2.75) is 11.7 Å². The fraction of sp³-hybridized carbons (Fsp3) is 0.133. The molecule has 2 atom stereocenters. The lowest BCUT2D eigenvalue weighted by molar-refractivity contribution is -0.112. The minimum Gasteiger partial charge on any atom is -0.348 e. The van der Waals surface area contributed by atoms with Gasteiger partial charge in [-0.3, -0.25) is 4.79 Å². The molecule has 2 aromatic carbocycles. The molecule has 1 aliphatic heterocycles. The van der Waals surface area contributed by atoms with Crippen LogP contribution in [0.4, 0.5) is 4.39 Å². The molecule has 0 radical (unpaired) electrons. The second kappa shape index (κ2) is 4.03. The van der Waals surface area contributed by atoms with Gasteiger partial charge in [-0.2, -0.15) is 0 Å². The average molecular weight is 242 g/mol. The first-order valence-electron chi connectivity index (χ1n) is 5.71. The van der Waals surface area contributed by atoms with Crippen molar-refractivity contribution < 1.29 is 13.9 Å². The molecule has 0 N–H and O–H groups in total. The van der Waals surface area contributed by atoms with Gasteiger partial charge in [-0.05, 0) is 23.3 Å². The predicted molar refractivity (Wildman–Crippen MR) is 64.4 cm³/mol. The monoisotopic (exact) mass is 242 g/mol. The van der Waals surface area contributed by atoms with Gasteiger partial charge >= 0.3 is 0 Å². The van der Waals surface area contributed by atoms with Gasteiger partial charge < -0.3 is 4.74 Å². The van der Waals surface area contributed by atoms with E-state index in [2.05, 4.69) is 0 Å². The summed E-state index contributed by atoms with van der Waals surface area (Å²) in [6, 6.07) is 15.4. The normalized spacial score (nSPS) is 25.7.